The number of amides is 3. The molecule has 3 amide bonds. The third-order valence-corrected chi connectivity index (χ3v) is 6.16. The molecule has 1 aromatic rings. The van der Waals surface area contributed by atoms with Gasteiger partial charge in [0.15, 0.2) is 0 Å². The van der Waals surface area contributed by atoms with Gasteiger partial charge in [0.1, 0.15) is 0 Å². The van der Waals surface area contributed by atoms with Crippen LogP contribution in [-0.2, 0) is 4.79 Å². The topological polar surface area (TPSA) is 55.9 Å². The van der Waals surface area contributed by atoms with Gasteiger partial charge in [0.25, 0.3) is 5.91 Å². The Kier molecular flexibility index (Phi) is 5.92. The van der Waals surface area contributed by atoms with E-state index in [1.807, 2.05) is 23.1 Å². The lowest BCUT2D eigenvalue weighted by molar-refractivity contribution is -0.126. The van der Waals surface area contributed by atoms with Crippen LogP contribution in [0.5, 0.6) is 0 Å². The molecule has 1 atom stereocenters. The number of benzene rings is 1. The summed E-state index contributed by atoms with van der Waals surface area (Å²) < 4.78 is 0. The molecular weight excluding hydrogens is 388 g/mol. The zero-order valence-corrected chi connectivity index (χ0v) is 17.3. The van der Waals surface area contributed by atoms with E-state index < -0.39 is 6.04 Å². The van der Waals surface area contributed by atoms with Gasteiger partial charge in [-0.05, 0) is 43.6 Å². The van der Waals surface area contributed by atoms with Gasteiger partial charge in [-0.3, -0.25) is 9.69 Å². The fourth-order valence-corrected chi connectivity index (χ4v) is 4.63. The number of hydrogen-bond acceptors (Lipinski definition) is 3. The van der Waals surface area contributed by atoms with Crippen molar-refractivity contribution in [1.29, 1.82) is 0 Å². The van der Waals surface area contributed by atoms with Crippen LogP contribution in [0.4, 0.5) is 4.79 Å². The number of carbonyl (C=O) groups excluding carboxylic acids is 2. The molecule has 1 fully saturated rings. The van der Waals surface area contributed by atoms with E-state index in [1.165, 1.54) is 19.3 Å². The van der Waals surface area contributed by atoms with E-state index in [0.717, 1.165) is 30.9 Å². The Morgan fingerprint density at radius 1 is 1.17 bits per heavy atom. The third-order valence-electron chi connectivity index (χ3n) is 5.93. The molecule has 1 unspecified atom stereocenters. The molecule has 3 aliphatic heterocycles. The third kappa shape index (κ3) is 4.05. The maximum Gasteiger partial charge on any atom is 0.322 e. The summed E-state index contributed by atoms with van der Waals surface area (Å²) in [7, 11) is 0. The fourth-order valence-electron chi connectivity index (χ4n) is 4.43. The molecule has 3 heterocycles. The van der Waals surface area contributed by atoms with E-state index in [2.05, 4.69) is 16.8 Å². The van der Waals surface area contributed by atoms with Crippen molar-refractivity contribution in [3.8, 4) is 0 Å². The second-order valence-corrected chi connectivity index (χ2v) is 8.26. The molecule has 154 valence electrons. The average Bonchev–Trinajstić information content (AvgIpc) is 3.05. The lowest BCUT2D eigenvalue weighted by Gasteiger charge is -2.33. The lowest BCUT2D eigenvalue weighted by atomic mass is 9.95. The van der Waals surface area contributed by atoms with Crippen molar-refractivity contribution in [1.82, 2.24) is 20.0 Å². The molecule has 6 nitrogen and oxygen atoms in total. The molecule has 29 heavy (non-hydrogen) atoms. The molecule has 4 rings (SSSR count). The Bertz CT molecular complexity index is 847. The highest BCUT2D eigenvalue weighted by Crippen LogP contribution is 2.36. The Morgan fingerprint density at radius 2 is 1.97 bits per heavy atom. The second kappa shape index (κ2) is 8.59. The lowest BCUT2D eigenvalue weighted by Crippen LogP contribution is -2.47. The van der Waals surface area contributed by atoms with Gasteiger partial charge in [0.05, 0.1) is 23.9 Å². The highest BCUT2D eigenvalue weighted by atomic mass is 35.5. The van der Waals surface area contributed by atoms with Crippen LogP contribution in [-0.4, -0.2) is 65.9 Å². The Balaban J connectivity index is 1.59. The largest absolute Gasteiger partial charge is 0.332 e. The minimum Gasteiger partial charge on any atom is -0.332 e. The van der Waals surface area contributed by atoms with Crippen molar-refractivity contribution in [2.24, 2.45) is 0 Å². The monoisotopic (exact) mass is 414 g/mol. The maximum absolute atomic E-state index is 13.4. The zero-order chi connectivity index (χ0) is 20.4. The summed E-state index contributed by atoms with van der Waals surface area (Å²) in [5.74, 6) is -0.00366. The number of halogens is 1. The van der Waals surface area contributed by atoms with E-state index in [0.29, 0.717) is 30.2 Å². The van der Waals surface area contributed by atoms with Crippen LogP contribution in [0.2, 0.25) is 5.02 Å². The van der Waals surface area contributed by atoms with Crippen molar-refractivity contribution in [3.63, 3.8) is 0 Å². The summed E-state index contributed by atoms with van der Waals surface area (Å²) >= 11 is 6.17. The number of likely N-dealkylation sites (tertiary alicyclic amines) is 1. The number of carbonyl (C=O) groups is 2. The molecule has 0 bridgehead atoms. The summed E-state index contributed by atoms with van der Waals surface area (Å²) in [5, 5.41) is 3.57. The van der Waals surface area contributed by atoms with Crippen molar-refractivity contribution >= 4 is 23.5 Å². The van der Waals surface area contributed by atoms with Gasteiger partial charge in [-0.1, -0.05) is 36.2 Å². The number of nitrogens with zero attached hydrogens (tertiary/aromatic N) is 3. The molecule has 0 saturated carbocycles. The SMILES string of the molecule is C=CCN1C(=O)NC(c2cccc(Cl)c2)C2=C1CN(CCN1CCCCC1)C2=O. The van der Waals surface area contributed by atoms with Crippen molar-refractivity contribution in [2.75, 3.05) is 39.3 Å². The number of hydrogen-bond donors (Lipinski definition) is 1. The minimum absolute atomic E-state index is 0.00366. The molecular formula is C22H27ClN4O2. The summed E-state index contributed by atoms with van der Waals surface area (Å²) in [6.45, 7) is 8.34. The molecule has 1 saturated heterocycles. The van der Waals surface area contributed by atoms with Gasteiger partial charge in [0.2, 0.25) is 0 Å². The Labute approximate surface area is 176 Å². The molecule has 0 aliphatic carbocycles. The van der Waals surface area contributed by atoms with Crippen LogP contribution in [0.3, 0.4) is 0 Å². The summed E-state index contributed by atoms with van der Waals surface area (Å²) in [6, 6.07) is 6.64. The number of urea groups is 1. The number of piperidine rings is 1. The van der Waals surface area contributed by atoms with Gasteiger partial charge < -0.3 is 15.1 Å². The summed E-state index contributed by atoms with van der Waals surface area (Å²) in [6.07, 6.45) is 5.43. The Morgan fingerprint density at radius 3 is 2.69 bits per heavy atom. The normalized spacial score (nSPS) is 22.7. The molecule has 1 aromatic carbocycles. The van der Waals surface area contributed by atoms with Crippen molar-refractivity contribution in [3.05, 3.63) is 58.8 Å². The van der Waals surface area contributed by atoms with E-state index >= 15 is 0 Å². The first-order chi connectivity index (χ1) is 14.1. The predicted octanol–water partition coefficient (Wildman–Crippen LogP) is 3.17. The molecule has 1 N–H and O–H groups in total. The first-order valence-electron chi connectivity index (χ1n) is 10.3. The van der Waals surface area contributed by atoms with Crippen molar-refractivity contribution in [2.45, 2.75) is 25.3 Å². The Hall–Kier alpha value is -2.31. The molecule has 7 heteroatoms. The van der Waals surface area contributed by atoms with E-state index in [4.69, 9.17) is 11.6 Å². The number of nitrogens with one attached hydrogen (secondary N) is 1. The average molecular weight is 415 g/mol. The standard InChI is InChI=1S/C22H27ClN4O2/c1-2-9-27-18-15-26(13-12-25-10-4-3-5-11-25)21(28)19(18)20(24-22(27)29)16-7-6-8-17(23)14-16/h2,6-8,14,20H,1,3-5,9-13,15H2,(H,24,29). The van der Waals surface area contributed by atoms with E-state index in [-0.39, 0.29) is 11.9 Å². The van der Waals surface area contributed by atoms with Gasteiger partial charge in [-0.2, -0.15) is 0 Å². The predicted molar refractivity (Wildman–Crippen MR) is 114 cm³/mol. The zero-order valence-electron chi connectivity index (χ0n) is 16.6. The second-order valence-electron chi connectivity index (χ2n) is 7.83. The fraction of sp³-hybridized carbons (Fsp3) is 0.455. The van der Waals surface area contributed by atoms with Gasteiger partial charge in [0, 0.05) is 24.7 Å². The van der Waals surface area contributed by atoms with Crippen LogP contribution in [0.25, 0.3) is 0 Å². The van der Waals surface area contributed by atoms with Crippen LogP contribution >= 0.6 is 11.6 Å². The maximum atomic E-state index is 13.4. The molecule has 0 aromatic heterocycles. The highest BCUT2D eigenvalue weighted by molar-refractivity contribution is 6.30. The highest BCUT2D eigenvalue weighted by Gasteiger charge is 2.43. The van der Waals surface area contributed by atoms with Crippen LogP contribution in [0, 0.1) is 0 Å². The van der Waals surface area contributed by atoms with Crippen LogP contribution in [0.1, 0.15) is 30.9 Å². The minimum atomic E-state index is -0.482. The van der Waals surface area contributed by atoms with Gasteiger partial charge >= 0.3 is 6.03 Å². The van der Waals surface area contributed by atoms with Crippen molar-refractivity contribution < 1.29 is 9.59 Å². The summed E-state index contributed by atoms with van der Waals surface area (Å²) in [4.78, 5) is 32.0. The molecule has 3 aliphatic rings. The molecule has 0 spiro atoms. The van der Waals surface area contributed by atoms with Gasteiger partial charge in [-0.25, -0.2) is 4.79 Å². The smallest absolute Gasteiger partial charge is 0.322 e. The number of rotatable bonds is 6. The van der Waals surface area contributed by atoms with Gasteiger partial charge in [-0.15, -0.1) is 6.58 Å². The first-order valence-corrected chi connectivity index (χ1v) is 10.7. The molecule has 0 radical (unpaired) electrons. The summed E-state index contributed by atoms with van der Waals surface area (Å²) in [5.41, 5.74) is 2.25. The van der Waals surface area contributed by atoms with E-state index in [9.17, 15) is 9.59 Å². The first kappa shape index (κ1) is 20.0. The van der Waals surface area contributed by atoms with Crippen LogP contribution in [0.15, 0.2) is 48.2 Å². The van der Waals surface area contributed by atoms with Crippen LogP contribution < -0.4 is 5.32 Å². The van der Waals surface area contributed by atoms with E-state index in [1.54, 1.807) is 17.0 Å². The quantitative estimate of drug-likeness (QED) is 0.727.